The van der Waals surface area contributed by atoms with E-state index in [9.17, 15) is 107 Å². The number of nitrogens with one attached hydrogen (secondary N) is 2. The number of aromatic amines is 2. The van der Waals surface area contributed by atoms with Gasteiger partial charge in [-0.15, -0.1) is 8.67 Å². The Labute approximate surface area is 489 Å². The Bertz CT molecular complexity index is 4470. The fourth-order valence-electron chi connectivity index (χ4n) is 9.32. The van der Waals surface area contributed by atoms with Gasteiger partial charge in [-0.05, 0) is 70.8 Å². The summed E-state index contributed by atoms with van der Waals surface area (Å²) in [4.78, 5) is 108. The summed E-state index contributed by atoms with van der Waals surface area (Å²) in [5.74, 6) is 0. The first-order valence-corrected chi connectivity index (χ1v) is 27.1. The van der Waals surface area contributed by atoms with E-state index in [1.165, 1.54) is 0 Å². The Kier molecular flexibility index (Phi) is 16.4. The molecule has 7 aromatic rings. The number of rotatable bonds is 20. The molecule has 0 unspecified atom stereocenters. The molecule has 8 bridgehead atoms. The van der Waals surface area contributed by atoms with Gasteiger partial charge in [-0.2, -0.15) is 16.8 Å². The second kappa shape index (κ2) is 23.4. The lowest BCUT2D eigenvalue weighted by Crippen LogP contribution is -2.06. The van der Waals surface area contributed by atoms with Crippen LogP contribution in [-0.4, -0.2) is 95.8 Å². The Morgan fingerprint density at radius 3 is 0.761 bits per heavy atom. The van der Waals surface area contributed by atoms with E-state index in [1.54, 1.807) is 0 Å². The Hall–Kier alpha value is -11.0. The van der Waals surface area contributed by atoms with Crippen molar-refractivity contribution in [3.8, 4) is 44.5 Å². The number of hydrogen-bond acceptors (Lipinski definition) is 30. The predicted octanol–water partition coefficient (Wildman–Crippen LogP) is 8.72. The standard InChI is InChI=1S/C44H22N12O28S4/c57-49(58)37-29-25(17-1-9-21(10-2-17)85-83-81-73)31-39(51(61)62)41(53(65)66)33(46-31)27(19-5-13-23(14-6-19)87(75,76)77)35-43(55(69)70)44(56(71)72)36(48-35)28(20-7-15-24(16-8-20)88(78,79)80)34-42(54(67)68)40(52(63)64)32(47-34)26(30(45-29)38(37)50(59)60)18-3-11-22(12-4-18)86-84-82-74/h1-16,45,48,73-74H,(H,75,76,77)(H,78,79,80). The first-order chi connectivity index (χ1) is 41.5. The number of fused-ring (bicyclic) bond motifs is 8. The Balaban J connectivity index is 1.78. The van der Waals surface area contributed by atoms with Gasteiger partial charge in [0.25, 0.3) is 20.2 Å². The molecule has 450 valence electrons. The van der Waals surface area contributed by atoms with Crippen LogP contribution in [0.4, 0.5) is 22.7 Å². The van der Waals surface area contributed by atoms with Crippen molar-refractivity contribution in [1.29, 1.82) is 0 Å². The highest BCUT2D eigenvalue weighted by atomic mass is 32.2. The number of H-pyrrole nitrogens is 2. The smallest absolute Gasteiger partial charge is 0.343 e. The molecule has 0 aliphatic carbocycles. The second-order valence-corrected chi connectivity index (χ2v) is 21.6. The molecule has 0 radical (unpaired) electrons. The van der Waals surface area contributed by atoms with Crippen LogP contribution in [0.15, 0.2) is 117 Å². The maximum Gasteiger partial charge on any atom is 0.374 e. The Morgan fingerprint density at radius 1 is 0.364 bits per heavy atom. The first-order valence-electron chi connectivity index (χ1n) is 22.8. The van der Waals surface area contributed by atoms with Gasteiger partial charge in [-0.1, -0.05) is 58.6 Å². The van der Waals surface area contributed by atoms with Crippen molar-refractivity contribution < 1.29 is 94.6 Å². The van der Waals surface area contributed by atoms with E-state index in [0.29, 0.717) is 48.5 Å². The Morgan fingerprint density at radius 2 is 0.580 bits per heavy atom. The molecule has 0 spiro atoms. The van der Waals surface area contributed by atoms with Crippen LogP contribution in [0.3, 0.4) is 0 Å². The lowest BCUT2D eigenvalue weighted by atomic mass is 10.00. The number of nitro groups is 8. The van der Waals surface area contributed by atoms with Gasteiger partial charge >= 0.3 is 45.5 Å². The summed E-state index contributed by atoms with van der Waals surface area (Å²) in [5, 5.41) is 135. The molecule has 0 amide bonds. The van der Waals surface area contributed by atoms with Crippen LogP contribution >= 0.6 is 24.1 Å². The molecule has 0 atom stereocenters. The minimum atomic E-state index is -5.22. The SMILES string of the molecule is O=[N+]([O-])C1=C([N+](=O)[O-])c2nc1c(-c1ccc(SOOO)cc1)c1[nH]c(c(-c3ccc(SOOO)cc3)c3nc(c(-c4ccc(S(=O)(=O)O)cc4)c4[nH]c(c2-c2ccc(S(=O)(=O)O)cc2)c([N+](=O)[O-])c4[N+](=O)[O-])C([N+](=O)[O-])=C3[N+](=O)[O-])c([N+](=O)[O-])c1[N+](=O)[O-]. The zero-order chi connectivity index (χ0) is 64.2. The van der Waals surface area contributed by atoms with Crippen LogP contribution in [0.1, 0.15) is 22.8 Å². The van der Waals surface area contributed by atoms with Crippen LogP contribution in [0.5, 0.6) is 0 Å². The molecular weight excluding hydrogens is 1270 g/mol. The van der Waals surface area contributed by atoms with Gasteiger partial charge in [0, 0.05) is 32.0 Å². The average molecular weight is 1290 g/mol. The zero-order valence-corrected chi connectivity index (χ0v) is 45.2. The number of benzene rings is 4. The predicted molar refractivity (Wildman–Crippen MR) is 292 cm³/mol. The van der Waals surface area contributed by atoms with E-state index < -0.39 is 204 Å². The van der Waals surface area contributed by atoms with E-state index in [2.05, 4.69) is 38.7 Å². The third kappa shape index (κ3) is 11.0. The third-order valence-corrected chi connectivity index (χ3v) is 15.5. The molecule has 44 heteroatoms. The van der Waals surface area contributed by atoms with Crippen molar-refractivity contribution in [2.75, 3.05) is 0 Å². The van der Waals surface area contributed by atoms with Crippen LogP contribution in [-0.2, 0) is 39.0 Å². The third-order valence-electron chi connectivity index (χ3n) is 12.6. The van der Waals surface area contributed by atoms with Gasteiger partial charge in [0.15, 0.2) is 22.8 Å². The summed E-state index contributed by atoms with van der Waals surface area (Å²) in [6, 6.07) is 12.2. The average Bonchev–Trinajstić information content (AvgIpc) is 1.66. The summed E-state index contributed by atoms with van der Waals surface area (Å²) < 4.78 is 78.1. The highest BCUT2D eigenvalue weighted by Gasteiger charge is 2.50. The van der Waals surface area contributed by atoms with Gasteiger partial charge in [0.1, 0.15) is 22.1 Å². The van der Waals surface area contributed by atoms with Crippen LogP contribution < -0.4 is 0 Å². The van der Waals surface area contributed by atoms with Crippen molar-refractivity contribution in [1.82, 2.24) is 19.9 Å². The maximum atomic E-state index is 13.7. The molecule has 88 heavy (non-hydrogen) atoms. The minimum Gasteiger partial charge on any atom is -0.343 e. The minimum absolute atomic E-state index is 0.0676. The van der Waals surface area contributed by atoms with E-state index in [1.807, 2.05) is 0 Å². The zero-order valence-electron chi connectivity index (χ0n) is 41.9. The van der Waals surface area contributed by atoms with Crippen molar-refractivity contribution in [2.45, 2.75) is 19.6 Å². The molecule has 2 aliphatic heterocycles. The topological polar surface area (TPSA) is 589 Å². The fourth-order valence-corrected chi connectivity index (χ4v) is 11.0. The van der Waals surface area contributed by atoms with E-state index in [4.69, 9.17) is 10.5 Å². The van der Waals surface area contributed by atoms with E-state index in [0.717, 1.165) is 48.5 Å². The summed E-state index contributed by atoms with van der Waals surface area (Å²) in [6.45, 7) is 0. The molecule has 2 aliphatic rings. The molecular formula is C44H22N12O28S4. The summed E-state index contributed by atoms with van der Waals surface area (Å²) >= 11 is 0.511. The van der Waals surface area contributed by atoms with Gasteiger partial charge in [0.2, 0.25) is 0 Å². The van der Waals surface area contributed by atoms with Gasteiger partial charge in [-0.3, -0.25) is 90.0 Å². The second-order valence-electron chi connectivity index (χ2n) is 17.2. The molecule has 9 rings (SSSR count). The van der Waals surface area contributed by atoms with Crippen molar-refractivity contribution in [3.05, 3.63) is 201 Å². The summed E-state index contributed by atoms with van der Waals surface area (Å²) in [5.41, 5.74) is -34.1. The number of aromatic nitrogens is 4. The molecule has 3 aromatic heterocycles. The van der Waals surface area contributed by atoms with Gasteiger partial charge < -0.3 is 9.97 Å². The summed E-state index contributed by atoms with van der Waals surface area (Å²) in [7, 11) is -10.4. The number of nitrogens with zero attached hydrogens (tertiary/aromatic N) is 10. The van der Waals surface area contributed by atoms with Gasteiger partial charge in [-0.25, -0.2) is 20.5 Å². The molecule has 0 fully saturated rings. The van der Waals surface area contributed by atoms with Crippen LogP contribution in [0, 0.1) is 80.9 Å². The van der Waals surface area contributed by atoms with Crippen molar-refractivity contribution >= 4 is 112 Å². The maximum absolute atomic E-state index is 13.7. The molecule has 0 saturated heterocycles. The lowest BCUT2D eigenvalue weighted by molar-refractivity contribution is -0.432. The van der Waals surface area contributed by atoms with Crippen LogP contribution in [0.25, 0.3) is 89.4 Å². The van der Waals surface area contributed by atoms with E-state index >= 15 is 0 Å². The van der Waals surface area contributed by atoms with Crippen molar-refractivity contribution in [2.24, 2.45) is 0 Å². The van der Waals surface area contributed by atoms with Crippen molar-refractivity contribution in [3.63, 3.8) is 0 Å². The molecule has 40 nitrogen and oxygen atoms in total. The fraction of sp³-hybridized carbons (Fsp3) is 0. The highest BCUT2D eigenvalue weighted by Crippen LogP contribution is 2.53. The first kappa shape index (κ1) is 61.5. The largest absolute Gasteiger partial charge is 0.374 e. The number of hydrogen-bond donors (Lipinski definition) is 6. The highest BCUT2D eigenvalue weighted by molar-refractivity contribution is 7.94. The molecule has 0 saturated carbocycles. The lowest BCUT2D eigenvalue weighted by Gasteiger charge is -2.07. The molecule has 6 N–H and O–H groups in total. The molecule has 4 aromatic carbocycles. The normalized spacial score (nSPS) is 12.5. The van der Waals surface area contributed by atoms with Crippen LogP contribution in [0.2, 0.25) is 0 Å². The van der Waals surface area contributed by atoms with E-state index in [-0.39, 0.29) is 33.9 Å². The molecule has 5 heterocycles. The summed E-state index contributed by atoms with van der Waals surface area (Å²) in [6.07, 6.45) is 0. The monoisotopic (exact) mass is 1290 g/mol. The quantitative estimate of drug-likeness (QED) is 0.0136. The van der Waals surface area contributed by atoms with Gasteiger partial charge in [0.05, 0.1) is 73.3 Å².